The molecule has 0 spiro atoms. The van der Waals surface area contributed by atoms with Crippen LogP contribution in [0.3, 0.4) is 0 Å². The maximum atomic E-state index is 5.77. The van der Waals surface area contributed by atoms with E-state index in [1.807, 2.05) is 12.1 Å². The molecule has 0 N–H and O–H groups in total. The fourth-order valence-corrected chi connectivity index (χ4v) is 2.52. The monoisotopic (exact) mass is 281 g/mol. The first-order valence-corrected chi connectivity index (χ1v) is 7.21. The molecule has 0 saturated carbocycles. The fraction of sp³-hybridized carbons (Fsp3) is 0.357. The van der Waals surface area contributed by atoms with Crippen molar-refractivity contribution in [1.29, 1.82) is 0 Å². The van der Waals surface area contributed by atoms with Gasteiger partial charge in [-0.1, -0.05) is 37.6 Å². The van der Waals surface area contributed by atoms with Crippen LogP contribution in [0, 0.1) is 0 Å². The Bertz CT molecular complexity index is 495. The smallest absolute Gasteiger partial charge is 0.183 e. The number of hydrogen-bond donors (Lipinski definition) is 0. The van der Waals surface area contributed by atoms with Gasteiger partial charge in [-0.25, -0.2) is 4.98 Å². The third-order valence-electron chi connectivity index (χ3n) is 2.97. The van der Waals surface area contributed by atoms with Gasteiger partial charge in [0.2, 0.25) is 0 Å². The molecule has 0 radical (unpaired) electrons. The van der Waals surface area contributed by atoms with Crippen LogP contribution in [0.25, 0.3) is 0 Å². The zero-order valence-electron chi connectivity index (χ0n) is 10.5. The maximum Gasteiger partial charge on any atom is 0.183 e. The molecule has 0 aliphatic heterocycles. The van der Waals surface area contributed by atoms with Gasteiger partial charge in [-0.05, 0) is 30.0 Å². The summed E-state index contributed by atoms with van der Waals surface area (Å²) < 4.78 is 6.24. The van der Waals surface area contributed by atoms with Gasteiger partial charge in [0.05, 0.1) is 4.88 Å². The summed E-state index contributed by atoms with van der Waals surface area (Å²) in [7, 11) is 0. The predicted octanol–water partition coefficient (Wildman–Crippen LogP) is 4.89. The zero-order chi connectivity index (χ0) is 13.0. The molecule has 2 rings (SSSR count). The standard InChI is InChI=1S/C14H16ClNOS/c1-3-10(2)11-4-6-12(7-5-11)17-9-13-8-16-14(15)18-13/h4-8,10H,3,9H2,1-2H3. The van der Waals surface area contributed by atoms with Gasteiger partial charge in [-0.3, -0.25) is 0 Å². The Hall–Kier alpha value is -1.06. The number of nitrogens with zero attached hydrogens (tertiary/aromatic N) is 1. The second-order valence-corrected chi connectivity index (χ2v) is 5.94. The van der Waals surface area contributed by atoms with Crippen molar-refractivity contribution in [2.24, 2.45) is 0 Å². The maximum absolute atomic E-state index is 5.77. The molecule has 0 aliphatic rings. The van der Waals surface area contributed by atoms with Gasteiger partial charge < -0.3 is 4.74 Å². The van der Waals surface area contributed by atoms with Crippen LogP contribution >= 0.6 is 22.9 Å². The van der Waals surface area contributed by atoms with Gasteiger partial charge in [0.25, 0.3) is 0 Å². The number of thiazole rings is 1. The molecule has 1 aromatic heterocycles. The number of halogens is 1. The van der Waals surface area contributed by atoms with Crippen molar-refractivity contribution in [3.8, 4) is 5.75 Å². The van der Waals surface area contributed by atoms with Crippen LogP contribution in [0.2, 0.25) is 4.47 Å². The summed E-state index contributed by atoms with van der Waals surface area (Å²) in [5.74, 6) is 1.48. The van der Waals surface area contributed by atoms with Crippen LogP contribution in [-0.2, 0) is 6.61 Å². The molecule has 1 atom stereocenters. The second kappa shape index (κ2) is 6.21. The lowest BCUT2D eigenvalue weighted by Gasteiger charge is -2.10. The molecule has 0 saturated heterocycles. The summed E-state index contributed by atoms with van der Waals surface area (Å²) in [6, 6.07) is 8.29. The number of rotatable bonds is 5. The lowest BCUT2D eigenvalue weighted by molar-refractivity contribution is 0.309. The van der Waals surface area contributed by atoms with E-state index in [0.717, 1.165) is 17.0 Å². The first-order chi connectivity index (χ1) is 8.69. The van der Waals surface area contributed by atoms with E-state index in [1.54, 1.807) is 6.20 Å². The van der Waals surface area contributed by atoms with Crippen LogP contribution in [0.4, 0.5) is 0 Å². The Balaban J connectivity index is 1.94. The summed E-state index contributed by atoms with van der Waals surface area (Å²) in [5.41, 5.74) is 1.35. The topological polar surface area (TPSA) is 22.1 Å². The highest BCUT2D eigenvalue weighted by atomic mass is 35.5. The summed E-state index contributed by atoms with van der Waals surface area (Å²) in [4.78, 5) is 5.01. The molecule has 18 heavy (non-hydrogen) atoms. The Kier molecular flexibility index (Phi) is 4.61. The molecular formula is C14H16ClNOS. The summed E-state index contributed by atoms with van der Waals surface area (Å²) in [5, 5.41) is 0. The Morgan fingerprint density at radius 3 is 2.61 bits per heavy atom. The molecule has 2 aromatic rings. The van der Waals surface area contributed by atoms with Crippen molar-refractivity contribution < 1.29 is 4.74 Å². The molecule has 96 valence electrons. The first-order valence-electron chi connectivity index (χ1n) is 6.02. The summed E-state index contributed by atoms with van der Waals surface area (Å²) >= 11 is 7.21. The highest BCUT2D eigenvalue weighted by Gasteiger charge is 2.04. The molecule has 0 bridgehead atoms. The molecule has 1 aromatic carbocycles. The van der Waals surface area contributed by atoms with E-state index in [4.69, 9.17) is 16.3 Å². The number of aromatic nitrogens is 1. The van der Waals surface area contributed by atoms with Crippen LogP contribution in [-0.4, -0.2) is 4.98 Å². The van der Waals surface area contributed by atoms with E-state index in [2.05, 4.69) is 31.0 Å². The average molecular weight is 282 g/mol. The van der Waals surface area contributed by atoms with E-state index >= 15 is 0 Å². The van der Waals surface area contributed by atoms with E-state index in [0.29, 0.717) is 17.0 Å². The largest absolute Gasteiger partial charge is 0.488 e. The number of hydrogen-bond acceptors (Lipinski definition) is 3. The van der Waals surface area contributed by atoms with Gasteiger partial charge in [-0.15, -0.1) is 11.3 Å². The van der Waals surface area contributed by atoms with E-state index < -0.39 is 0 Å². The Labute approximate surface area is 117 Å². The minimum absolute atomic E-state index is 0.521. The quantitative estimate of drug-likeness (QED) is 0.778. The molecule has 0 amide bonds. The highest BCUT2D eigenvalue weighted by Crippen LogP contribution is 2.23. The van der Waals surface area contributed by atoms with Crippen LogP contribution in [0.1, 0.15) is 36.6 Å². The van der Waals surface area contributed by atoms with Crippen LogP contribution in [0.15, 0.2) is 30.5 Å². The van der Waals surface area contributed by atoms with Gasteiger partial charge in [0.15, 0.2) is 4.47 Å². The fourth-order valence-electron chi connectivity index (χ4n) is 1.63. The van der Waals surface area contributed by atoms with Gasteiger partial charge in [0, 0.05) is 6.20 Å². The lowest BCUT2D eigenvalue weighted by Crippen LogP contribution is -1.94. The van der Waals surface area contributed by atoms with Gasteiger partial charge >= 0.3 is 0 Å². The van der Waals surface area contributed by atoms with Crippen molar-refractivity contribution in [3.63, 3.8) is 0 Å². The summed E-state index contributed by atoms with van der Waals surface area (Å²) in [6.45, 7) is 4.95. The van der Waals surface area contributed by atoms with Crippen molar-refractivity contribution in [1.82, 2.24) is 4.98 Å². The molecule has 2 nitrogen and oxygen atoms in total. The van der Waals surface area contributed by atoms with E-state index in [1.165, 1.54) is 16.9 Å². The molecule has 4 heteroatoms. The van der Waals surface area contributed by atoms with E-state index in [-0.39, 0.29) is 0 Å². The number of benzene rings is 1. The molecule has 0 aliphatic carbocycles. The lowest BCUT2D eigenvalue weighted by atomic mass is 9.99. The van der Waals surface area contributed by atoms with Gasteiger partial charge in [-0.2, -0.15) is 0 Å². The Morgan fingerprint density at radius 2 is 2.06 bits per heavy atom. The van der Waals surface area contributed by atoms with Gasteiger partial charge in [0.1, 0.15) is 12.4 Å². The third-order valence-corrected chi connectivity index (χ3v) is 4.06. The number of ether oxygens (including phenoxy) is 1. The zero-order valence-corrected chi connectivity index (χ0v) is 12.1. The average Bonchev–Trinajstić information content (AvgIpc) is 2.82. The summed E-state index contributed by atoms with van der Waals surface area (Å²) in [6.07, 6.45) is 2.90. The van der Waals surface area contributed by atoms with Crippen LogP contribution < -0.4 is 4.74 Å². The molecular weight excluding hydrogens is 266 g/mol. The first kappa shape index (κ1) is 13.4. The second-order valence-electron chi connectivity index (χ2n) is 4.25. The molecule has 0 fully saturated rings. The third kappa shape index (κ3) is 3.47. The normalized spacial score (nSPS) is 12.4. The van der Waals surface area contributed by atoms with Crippen LogP contribution in [0.5, 0.6) is 5.75 Å². The molecule has 1 unspecified atom stereocenters. The minimum atomic E-state index is 0.521. The van der Waals surface area contributed by atoms with Crippen molar-refractivity contribution in [3.05, 3.63) is 45.4 Å². The Morgan fingerprint density at radius 1 is 1.33 bits per heavy atom. The highest BCUT2D eigenvalue weighted by molar-refractivity contribution is 7.15. The predicted molar refractivity (Wildman–Crippen MR) is 76.6 cm³/mol. The van der Waals surface area contributed by atoms with E-state index in [9.17, 15) is 0 Å². The minimum Gasteiger partial charge on any atom is -0.488 e. The molecule has 1 heterocycles. The van der Waals surface area contributed by atoms with Crippen molar-refractivity contribution in [2.45, 2.75) is 32.8 Å². The van der Waals surface area contributed by atoms with Crippen molar-refractivity contribution >= 4 is 22.9 Å². The van der Waals surface area contributed by atoms with Crippen molar-refractivity contribution in [2.75, 3.05) is 0 Å². The SMILES string of the molecule is CCC(C)c1ccc(OCc2cnc(Cl)s2)cc1.